The Morgan fingerprint density at radius 3 is 2.59 bits per heavy atom. The largest absolute Gasteiger partial charge is 0.316 e. The van der Waals surface area contributed by atoms with Crippen molar-refractivity contribution >= 4 is 21.4 Å². The minimum Gasteiger partial charge on any atom is -0.316 e. The van der Waals surface area contributed by atoms with Crippen LogP contribution in [-0.4, -0.2) is 37.0 Å². The topological polar surface area (TPSA) is 64.0 Å². The fraction of sp³-hybridized carbons (Fsp3) is 0.700. The number of hydrogen-bond donors (Lipinski definition) is 1. The van der Waals surface area contributed by atoms with Gasteiger partial charge in [0.25, 0.3) is 0 Å². The van der Waals surface area contributed by atoms with Gasteiger partial charge in [-0.05, 0) is 12.8 Å². The van der Waals surface area contributed by atoms with E-state index in [9.17, 15) is 8.42 Å². The first kappa shape index (κ1) is 12.9. The zero-order valence-corrected chi connectivity index (χ0v) is 11.5. The maximum atomic E-state index is 12.0. The summed E-state index contributed by atoms with van der Waals surface area (Å²) < 4.78 is 25.5. The minimum atomic E-state index is -3.10. The number of halogens is 1. The molecule has 0 radical (unpaired) electrons. The summed E-state index contributed by atoms with van der Waals surface area (Å²) in [6.07, 6.45) is 0. The predicted octanol–water partition coefficient (Wildman–Crippen LogP) is 0.516. The lowest BCUT2D eigenvalue weighted by Crippen LogP contribution is -2.45. The third kappa shape index (κ3) is 2.81. The fourth-order valence-electron chi connectivity index (χ4n) is 1.94. The molecule has 0 amide bonds. The second kappa shape index (κ2) is 4.59. The van der Waals surface area contributed by atoms with E-state index in [2.05, 4.69) is 10.4 Å². The molecule has 1 aromatic heterocycles. The van der Waals surface area contributed by atoms with E-state index < -0.39 is 9.84 Å². The van der Waals surface area contributed by atoms with Gasteiger partial charge in [0.1, 0.15) is 5.15 Å². The molecule has 0 aromatic carbocycles. The molecule has 0 unspecified atom stereocenters. The monoisotopic (exact) mass is 277 g/mol. The third-order valence-electron chi connectivity index (χ3n) is 2.99. The Balaban J connectivity index is 2.13. The highest BCUT2D eigenvalue weighted by atomic mass is 35.5. The van der Waals surface area contributed by atoms with Crippen molar-refractivity contribution in [1.29, 1.82) is 0 Å². The molecule has 0 bridgehead atoms. The van der Waals surface area contributed by atoms with E-state index in [0.29, 0.717) is 16.4 Å². The number of aromatic nitrogens is 2. The number of nitrogens with zero attached hydrogens (tertiary/aromatic N) is 2. The normalized spacial score (nSPS) is 17.1. The van der Waals surface area contributed by atoms with Gasteiger partial charge in [-0.2, -0.15) is 5.10 Å². The van der Waals surface area contributed by atoms with E-state index in [1.807, 2.05) is 0 Å². The molecular formula is C10H16ClN3O2S. The van der Waals surface area contributed by atoms with Crippen molar-refractivity contribution in [3.05, 3.63) is 16.4 Å². The van der Waals surface area contributed by atoms with Gasteiger partial charge in [-0.3, -0.25) is 4.68 Å². The Kier molecular flexibility index (Phi) is 3.47. The predicted molar refractivity (Wildman–Crippen MR) is 66.8 cm³/mol. The molecule has 7 heteroatoms. The van der Waals surface area contributed by atoms with Crippen molar-refractivity contribution in [2.45, 2.75) is 12.7 Å². The van der Waals surface area contributed by atoms with E-state index in [1.165, 1.54) is 4.68 Å². The summed E-state index contributed by atoms with van der Waals surface area (Å²) in [6, 6.07) is 0. The fourth-order valence-corrected chi connectivity index (χ4v) is 4.12. The molecule has 1 aliphatic heterocycles. The van der Waals surface area contributed by atoms with E-state index in [0.717, 1.165) is 13.1 Å². The molecule has 5 nitrogen and oxygen atoms in total. The highest BCUT2D eigenvalue weighted by molar-refractivity contribution is 7.90. The molecule has 1 N–H and O–H groups in total. The Labute approximate surface area is 106 Å². The lowest BCUT2D eigenvalue weighted by atomic mass is 10.1. The Bertz CT molecular complexity index is 520. The second-order valence-corrected chi connectivity index (χ2v) is 7.02. The molecule has 0 saturated carbocycles. The summed E-state index contributed by atoms with van der Waals surface area (Å²) >= 11 is 6.03. The number of nitrogens with one attached hydrogen (secondary N) is 1. The van der Waals surface area contributed by atoms with Gasteiger partial charge in [0.2, 0.25) is 0 Å². The third-order valence-corrected chi connectivity index (χ3v) is 5.17. The molecular weight excluding hydrogens is 262 g/mol. The lowest BCUT2D eigenvalue weighted by molar-refractivity contribution is 0.378. The van der Waals surface area contributed by atoms with Crippen LogP contribution in [0.3, 0.4) is 0 Å². The summed E-state index contributed by atoms with van der Waals surface area (Å²) in [5.41, 5.74) is 1.31. The molecule has 96 valence electrons. The van der Waals surface area contributed by atoms with Gasteiger partial charge in [0.05, 0.1) is 17.2 Å². The van der Waals surface area contributed by atoms with E-state index >= 15 is 0 Å². The smallest absolute Gasteiger partial charge is 0.155 e. The van der Waals surface area contributed by atoms with E-state index in [1.54, 1.807) is 14.0 Å². The van der Waals surface area contributed by atoms with Crippen molar-refractivity contribution < 1.29 is 8.42 Å². The van der Waals surface area contributed by atoms with Crippen molar-refractivity contribution in [3.63, 3.8) is 0 Å². The van der Waals surface area contributed by atoms with E-state index in [4.69, 9.17) is 11.6 Å². The van der Waals surface area contributed by atoms with Crippen LogP contribution in [0.4, 0.5) is 0 Å². The molecule has 0 aliphatic carbocycles. The van der Waals surface area contributed by atoms with Crippen LogP contribution in [0.2, 0.25) is 5.15 Å². The number of rotatable bonds is 4. The first-order valence-corrected chi connectivity index (χ1v) is 7.68. The average Bonchev–Trinajstić information content (AvgIpc) is 2.39. The SMILES string of the molecule is Cc1nn(C)c(Cl)c1CS(=O)(=O)CC1CNC1. The summed E-state index contributed by atoms with van der Waals surface area (Å²) in [7, 11) is -1.39. The number of aryl methyl sites for hydroxylation is 2. The average molecular weight is 278 g/mol. The summed E-state index contributed by atoms with van der Waals surface area (Å²) in [6.45, 7) is 3.36. The number of sulfone groups is 1. The van der Waals surface area contributed by atoms with Gasteiger partial charge >= 0.3 is 0 Å². The molecule has 2 heterocycles. The van der Waals surface area contributed by atoms with Crippen molar-refractivity contribution in [2.75, 3.05) is 18.8 Å². The molecule has 0 atom stereocenters. The standard InChI is InChI=1S/C10H16ClN3O2S/c1-7-9(10(11)14(2)13-7)6-17(15,16)5-8-3-12-4-8/h8,12H,3-6H2,1-2H3. The summed E-state index contributed by atoms with van der Waals surface area (Å²) in [5.74, 6) is 0.461. The van der Waals surface area contributed by atoms with Gasteiger partial charge in [0.15, 0.2) is 9.84 Å². The maximum Gasteiger partial charge on any atom is 0.155 e. The second-order valence-electron chi connectivity index (χ2n) is 4.56. The molecule has 0 spiro atoms. The van der Waals surface area contributed by atoms with Crippen LogP contribution in [0.1, 0.15) is 11.3 Å². The van der Waals surface area contributed by atoms with Gasteiger partial charge < -0.3 is 5.32 Å². The summed E-state index contributed by atoms with van der Waals surface area (Å²) in [5, 5.41) is 7.60. The van der Waals surface area contributed by atoms with Crippen LogP contribution < -0.4 is 5.32 Å². The van der Waals surface area contributed by atoms with Gasteiger partial charge in [-0.1, -0.05) is 11.6 Å². The molecule has 1 aliphatic rings. The van der Waals surface area contributed by atoms with Gasteiger partial charge in [-0.15, -0.1) is 0 Å². The molecule has 1 fully saturated rings. The van der Waals surface area contributed by atoms with Crippen LogP contribution in [0.5, 0.6) is 0 Å². The number of hydrogen-bond acceptors (Lipinski definition) is 4. The van der Waals surface area contributed by atoms with Crippen LogP contribution in [-0.2, 0) is 22.6 Å². The quantitative estimate of drug-likeness (QED) is 0.871. The minimum absolute atomic E-state index is 0.0119. The lowest BCUT2D eigenvalue weighted by Gasteiger charge is -2.26. The van der Waals surface area contributed by atoms with Crippen LogP contribution in [0.15, 0.2) is 0 Å². The maximum absolute atomic E-state index is 12.0. The Morgan fingerprint density at radius 2 is 2.18 bits per heavy atom. The zero-order valence-electron chi connectivity index (χ0n) is 9.90. The zero-order chi connectivity index (χ0) is 12.6. The Morgan fingerprint density at radius 1 is 1.53 bits per heavy atom. The first-order chi connectivity index (χ1) is 7.89. The molecule has 17 heavy (non-hydrogen) atoms. The van der Waals surface area contributed by atoms with Crippen LogP contribution >= 0.6 is 11.6 Å². The Hall–Kier alpha value is -0.590. The van der Waals surface area contributed by atoms with Gasteiger partial charge in [-0.25, -0.2) is 8.42 Å². The van der Waals surface area contributed by atoms with Crippen molar-refractivity contribution in [1.82, 2.24) is 15.1 Å². The molecule has 2 rings (SSSR count). The molecule has 1 aromatic rings. The van der Waals surface area contributed by atoms with Crippen molar-refractivity contribution in [2.24, 2.45) is 13.0 Å². The molecule has 1 saturated heterocycles. The highest BCUT2D eigenvalue weighted by Gasteiger charge is 2.26. The van der Waals surface area contributed by atoms with Crippen LogP contribution in [0, 0.1) is 12.8 Å². The van der Waals surface area contributed by atoms with E-state index in [-0.39, 0.29) is 17.4 Å². The van der Waals surface area contributed by atoms with Gasteiger partial charge in [0, 0.05) is 25.7 Å². The first-order valence-electron chi connectivity index (χ1n) is 5.48. The van der Waals surface area contributed by atoms with Crippen molar-refractivity contribution in [3.8, 4) is 0 Å². The van der Waals surface area contributed by atoms with Crippen LogP contribution in [0.25, 0.3) is 0 Å². The summed E-state index contributed by atoms with van der Waals surface area (Å²) in [4.78, 5) is 0. The highest BCUT2D eigenvalue weighted by Crippen LogP contribution is 2.22.